The zero-order valence-corrected chi connectivity index (χ0v) is 14.8. The Kier molecular flexibility index (Phi) is 3.76. The Morgan fingerprint density at radius 1 is 1.17 bits per heavy atom. The van der Waals surface area contributed by atoms with Gasteiger partial charge in [0.15, 0.2) is 11.5 Å². The third-order valence-electron chi connectivity index (χ3n) is 4.21. The maximum Gasteiger partial charge on any atom is 0.162 e. The zero-order chi connectivity index (χ0) is 16.7. The van der Waals surface area contributed by atoms with Crippen molar-refractivity contribution in [3.05, 3.63) is 46.2 Å². The number of benzene rings is 1. The summed E-state index contributed by atoms with van der Waals surface area (Å²) < 4.78 is 13.6. The fraction of sp³-hybridized carbons (Fsp3) is 0.333. The number of imidazole rings is 1. The van der Waals surface area contributed by atoms with Gasteiger partial charge in [0.1, 0.15) is 24.0 Å². The molecule has 0 N–H and O–H groups in total. The van der Waals surface area contributed by atoms with Crippen molar-refractivity contribution < 1.29 is 9.47 Å². The summed E-state index contributed by atoms with van der Waals surface area (Å²) in [5, 5.41) is 3.17. The van der Waals surface area contributed by atoms with Crippen molar-refractivity contribution in [2.24, 2.45) is 0 Å². The Morgan fingerprint density at radius 2 is 1.92 bits per heavy atom. The molecule has 5 nitrogen and oxygen atoms in total. The van der Waals surface area contributed by atoms with Crippen molar-refractivity contribution in [3.63, 3.8) is 0 Å². The van der Waals surface area contributed by atoms with Gasteiger partial charge in [0.25, 0.3) is 0 Å². The molecule has 124 valence electrons. The smallest absolute Gasteiger partial charge is 0.162 e. The molecule has 24 heavy (non-hydrogen) atoms. The molecule has 3 aromatic rings. The molecule has 2 aromatic heterocycles. The van der Waals surface area contributed by atoms with Crippen molar-refractivity contribution >= 4 is 11.3 Å². The molecule has 0 bridgehead atoms. The van der Waals surface area contributed by atoms with Crippen LogP contribution in [0, 0.1) is 13.8 Å². The van der Waals surface area contributed by atoms with Gasteiger partial charge in [0.05, 0.1) is 6.04 Å². The molecule has 0 saturated carbocycles. The second-order valence-electron chi connectivity index (χ2n) is 5.97. The van der Waals surface area contributed by atoms with Crippen molar-refractivity contribution in [3.8, 4) is 22.9 Å². The van der Waals surface area contributed by atoms with E-state index < -0.39 is 0 Å². The van der Waals surface area contributed by atoms with Gasteiger partial charge in [0.2, 0.25) is 0 Å². The Bertz CT molecular complexity index is 884. The van der Waals surface area contributed by atoms with Crippen LogP contribution >= 0.6 is 11.3 Å². The van der Waals surface area contributed by atoms with Crippen molar-refractivity contribution in [1.29, 1.82) is 0 Å². The quantitative estimate of drug-likeness (QED) is 0.722. The van der Waals surface area contributed by atoms with Crippen LogP contribution < -0.4 is 9.47 Å². The molecular weight excluding hydrogens is 322 g/mol. The number of nitrogens with zero attached hydrogens (tertiary/aromatic N) is 3. The molecule has 3 heterocycles. The van der Waals surface area contributed by atoms with E-state index in [0.717, 1.165) is 39.2 Å². The minimum absolute atomic E-state index is 0.133. The summed E-state index contributed by atoms with van der Waals surface area (Å²) in [6.07, 6.45) is 3.84. The molecule has 1 aliphatic heterocycles. The van der Waals surface area contributed by atoms with Crippen LogP contribution in [0.3, 0.4) is 0 Å². The van der Waals surface area contributed by atoms with Crippen LogP contribution in [0.1, 0.15) is 29.2 Å². The largest absolute Gasteiger partial charge is 0.486 e. The first-order chi connectivity index (χ1) is 11.6. The van der Waals surface area contributed by atoms with Gasteiger partial charge in [-0.15, -0.1) is 11.3 Å². The van der Waals surface area contributed by atoms with E-state index in [0.29, 0.717) is 13.2 Å². The summed E-state index contributed by atoms with van der Waals surface area (Å²) in [5.74, 6) is 2.52. The van der Waals surface area contributed by atoms with Gasteiger partial charge in [0, 0.05) is 29.0 Å². The van der Waals surface area contributed by atoms with Gasteiger partial charge < -0.3 is 14.0 Å². The van der Waals surface area contributed by atoms with Crippen molar-refractivity contribution in [2.75, 3.05) is 13.2 Å². The van der Waals surface area contributed by atoms with E-state index in [-0.39, 0.29) is 6.04 Å². The van der Waals surface area contributed by atoms with Gasteiger partial charge >= 0.3 is 0 Å². The highest BCUT2D eigenvalue weighted by Crippen LogP contribution is 2.37. The lowest BCUT2D eigenvalue weighted by Crippen LogP contribution is -2.16. The number of rotatable bonds is 3. The van der Waals surface area contributed by atoms with Gasteiger partial charge in [-0.2, -0.15) is 0 Å². The first-order valence-electron chi connectivity index (χ1n) is 7.99. The van der Waals surface area contributed by atoms with E-state index in [1.807, 2.05) is 31.5 Å². The van der Waals surface area contributed by atoms with E-state index in [1.165, 1.54) is 0 Å². The third-order valence-corrected chi connectivity index (χ3v) is 5.34. The number of hydrogen-bond donors (Lipinski definition) is 0. The van der Waals surface area contributed by atoms with E-state index >= 15 is 0 Å². The van der Waals surface area contributed by atoms with Crippen LogP contribution in [0.4, 0.5) is 0 Å². The fourth-order valence-electron chi connectivity index (χ4n) is 2.95. The number of thiazole rings is 1. The molecule has 0 spiro atoms. The third kappa shape index (κ3) is 2.57. The van der Waals surface area contributed by atoms with E-state index in [4.69, 9.17) is 9.47 Å². The summed E-state index contributed by atoms with van der Waals surface area (Å²) in [6, 6.07) is 4.19. The lowest BCUT2D eigenvalue weighted by atomic mass is 10.1. The normalized spacial score (nSPS) is 14.6. The summed E-state index contributed by atoms with van der Waals surface area (Å²) >= 11 is 1.68. The highest BCUT2D eigenvalue weighted by atomic mass is 32.1. The van der Waals surface area contributed by atoms with Crippen molar-refractivity contribution in [1.82, 2.24) is 14.5 Å². The Labute approximate surface area is 144 Å². The number of ether oxygens (including phenoxy) is 2. The molecular formula is C18H19N3O2S. The molecule has 6 heteroatoms. The average molecular weight is 341 g/mol. The molecule has 4 rings (SSSR count). The minimum atomic E-state index is 0.133. The highest BCUT2D eigenvalue weighted by molar-refractivity contribution is 7.09. The molecule has 0 saturated heterocycles. The van der Waals surface area contributed by atoms with Crippen LogP contribution in [0.25, 0.3) is 11.4 Å². The maximum absolute atomic E-state index is 5.73. The minimum Gasteiger partial charge on any atom is -0.486 e. The summed E-state index contributed by atoms with van der Waals surface area (Å²) in [6.45, 7) is 7.42. The van der Waals surface area contributed by atoms with Crippen LogP contribution in [0.5, 0.6) is 11.5 Å². The predicted octanol–water partition coefficient (Wildman–Crippen LogP) is 4.00. The number of aryl methyl sites for hydroxylation is 2. The number of aromatic nitrogens is 3. The molecule has 1 atom stereocenters. The molecule has 0 fully saturated rings. The van der Waals surface area contributed by atoms with E-state index in [9.17, 15) is 0 Å². The second-order valence-corrected chi connectivity index (χ2v) is 6.86. The Balaban J connectivity index is 1.77. The molecule has 0 radical (unpaired) electrons. The molecule has 0 unspecified atom stereocenters. The maximum atomic E-state index is 5.73. The summed E-state index contributed by atoms with van der Waals surface area (Å²) in [5.41, 5.74) is 3.23. The van der Waals surface area contributed by atoms with Crippen LogP contribution in [0.15, 0.2) is 29.9 Å². The SMILES string of the molecule is Cc1csc([C@H](C)n2ccnc2-c2cc3c(cc2C)OCCO3)n1. The monoisotopic (exact) mass is 341 g/mol. The Hall–Kier alpha value is -2.34. The standard InChI is InChI=1S/C18H19N3O2S/c1-11-8-15-16(23-7-6-22-15)9-14(11)17-19-4-5-21(17)13(3)18-20-12(2)10-24-18/h4-5,8-10,13H,6-7H2,1-3H3/t13-/m0/s1. The van der Waals surface area contributed by atoms with Crippen LogP contribution in [-0.2, 0) is 0 Å². The van der Waals surface area contributed by atoms with E-state index in [2.05, 4.69) is 33.8 Å². The lowest BCUT2D eigenvalue weighted by molar-refractivity contribution is 0.171. The summed E-state index contributed by atoms with van der Waals surface area (Å²) in [7, 11) is 0. The first kappa shape index (κ1) is 15.2. The lowest BCUT2D eigenvalue weighted by Gasteiger charge is -2.21. The number of fused-ring (bicyclic) bond motifs is 1. The zero-order valence-electron chi connectivity index (χ0n) is 13.9. The predicted molar refractivity (Wildman–Crippen MR) is 94.1 cm³/mol. The summed E-state index contributed by atoms with van der Waals surface area (Å²) in [4.78, 5) is 9.21. The molecule has 0 aliphatic carbocycles. The first-order valence-corrected chi connectivity index (χ1v) is 8.87. The fourth-order valence-corrected chi connectivity index (χ4v) is 3.80. The van der Waals surface area contributed by atoms with Gasteiger partial charge in [-0.1, -0.05) is 0 Å². The Morgan fingerprint density at radius 3 is 2.62 bits per heavy atom. The van der Waals surface area contributed by atoms with Gasteiger partial charge in [-0.05, 0) is 38.5 Å². The molecule has 1 aliphatic rings. The van der Waals surface area contributed by atoms with Crippen LogP contribution in [-0.4, -0.2) is 27.7 Å². The van der Waals surface area contributed by atoms with Crippen LogP contribution in [0.2, 0.25) is 0 Å². The van der Waals surface area contributed by atoms with E-state index in [1.54, 1.807) is 11.3 Å². The number of hydrogen-bond acceptors (Lipinski definition) is 5. The molecule has 1 aromatic carbocycles. The topological polar surface area (TPSA) is 49.2 Å². The second kappa shape index (κ2) is 5.94. The average Bonchev–Trinajstić information content (AvgIpc) is 3.22. The van der Waals surface area contributed by atoms with Gasteiger partial charge in [-0.25, -0.2) is 9.97 Å². The highest BCUT2D eigenvalue weighted by Gasteiger charge is 2.20. The molecule has 0 amide bonds. The van der Waals surface area contributed by atoms with Crippen molar-refractivity contribution in [2.45, 2.75) is 26.8 Å². The van der Waals surface area contributed by atoms with Gasteiger partial charge in [-0.3, -0.25) is 0 Å².